The molecule has 1 atom stereocenters. The number of halogens is 1. The van der Waals surface area contributed by atoms with E-state index in [0.717, 1.165) is 0 Å². The van der Waals surface area contributed by atoms with Crippen LogP contribution in [0.3, 0.4) is 0 Å². The molecule has 166 valence electrons. The van der Waals surface area contributed by atoms with Crippen molar-refractivity contribution in [1.29, 1.82) is 0 Å². The van der Waals surface area contributed by atoms with Gasteiger partial charge in [-0.2, -0.15) is 9.97 Å². The second kappa shape index (κ2) is 11.8. The lowest BCUT2D eigenvalue weighted by Gasteiger charge is -2.30. The SMILES string of the molecule is CCOC(=O)OCC(COP(=O)([O-])[O-])Cn1cnc2c(NC)nc(Cl)nc21.[NH4+].[NH4+]. The minimum Gasteiger partial charge on any atom is -0.790 e. The molecule has 29 heavy (non-hydrogen) atoms. The van der Waals surface area contributed by atoms with E-state index in [0.29, 0.717) is 17.0 Å². The van der Waals surface area contributed by atoms with Gasteiger partial charge in [0.2, 0.25) is 5.28 Å². The van der Waals surface area contributed by atoms with Crippen LogP contribution in [0.1, 0.15) is 6.92 Å². The Labute approximate surface area is 171 Å². The Balaban J connectivity index is 0.00000392. The van der Waals surface area contributed by atoms with Gasteiger partial charge < -0.3 is 50.5 Å². The molecule has 16 heteroatoms. The Kier molecular flexibility index (Phi) is 11.0. The number of hydrogen-bond donors (Lipinski definition) is 3. The van der Waals surface area contributed by atoms with E-state index in [9.17, 15) is 19.1 Å². The third-order valence-electron chi connectivity index (χ3n) is 3.30. The second-order valence-electron chi connectivity index (χ2n) is 5.26. The minimum absolute atomic E-state index is 0. The van der Waals surface area contributed by atoms with E-state index in [-0.39, 0.29) is 37.3 Å². The predicted molar refractivity (Wildman–Crippen MR) is 102 cm³/mol. The van der Waals surface area contributed by atoms with E-state index >= 15 is 0 Å². The Morgan fingerprint density at radius 3 is 2.59 bits per heavy atom. The Morgan fingerprint density at radius 1 is 1.31 bits per heavy atom. The molecule has 14 nitrogen and oxygen atoms in total. The highest BCUT2D eigenvalue weighted by molar-refractivity contribution is 7.43. The van der Waals surface area contributed by atoms with Gasteiger partial charge in [-0.3, -0.25) is 0 Å². The summed E-state index contributed by atoms with van der Waals surface area (Å²) in [6.45, 7) is 1.04. The number of hydrogen-bond acceptors (Lipinski definition) is 11. The Morgan fingerprint density at radius 2 is 2.00 bits per heavy atom. The third kappa shape index (κ3) is 8.06. The van der Waals surface area contributed by atoms with Crippen molar-refractivity contribution in [2.75, 3.05) is 32.2 Å². The third-order valence-corrected chi connectivity index (χ3v) is 3.93. The molecule has 0 aliphatic rings. The zero-order chi connectivity index (χ0) is 20.0. The zero-order valence-corrected chi connectivity index (χ0v) is 18.1. The van der Waals surface area contributed by atoms with E-state index in [1.54, 1.807) is 18.5 Å². The van der Waals surface area contributed by atoms with Gasteiger partial charge in [0.25, 0.3) is 0 Å². The van der Waals surface area contributed by atoms with Crippen LogP contribution in [-0.4, -0.2) is 52.5 Å². The first-order valence-corrected chi connectivity index (χ1v) is 9.59. The zero-order valence-electron chi connectivity index (χ0n) is 16.5. The molecule has 0 aromatic carbocycles. The molecule has 2 heterocycles. The van der Waals surface area contributed by atoms with Crippen LogP contribution in [0.4, 0.5) is 10.6 Å². The first kappa shape index (κ1) is 26.9. The van der Waals surface area contributed by atoms with E-state index in [1.807, 2.05) is 0 Å². The molecule has 0 saturated carbocycles. The van der Waals surface area contributed by atoms with Crippen LogP contribution in [0, 0.1) is 5.92 Å². The summed E-state index contributed by atoms with van der Waals surface area (Å²) in [4.78, 5) is 45.2. The maximum absolute atomic E-state index is 11.4. The fourth-order valence-corrected chi connectivity index (χ4v) is 2.76. The molecule has 0 amide bonds. The smallest absolute Gasteiger partial charge is 0.508 e. The van der Waals surface area contributed by atoms with E-state index in [4.69, 9.17) is 16.3 Å². The summed E-state index contributed by atoms with van der Waals surface area (Å²) in [5.74, 6) is -0.294. The van der Waals surface area contributed by atoms with Crippen LogP contribution in [0.5, 0.6) is 0 Å². The van der Waals surface area contributed by atoms with Crippen molar-refractivity contribution >= 4 is 42.6 Å². The van der Waals surface area contributed by atoms with Gasteiger partial charge in [0.1, 0.15) is 6.61 Å². The van der Waals surface area contributed by atoms with E-state index in [1.165, 1.54) is 6.33 Å². The van der Waals surface area contributed by atoms with Crippen molar-refractivity contribution in [3.63, 3.8) is 0 Å². The van der Waals surface area contributed by atoms with Crippen LogP contribution >= 0.6 is 19.4 Å². The molecule has 2 aromatic rings. The Hall–Kier alpha value is -2.06. The topological polar surface area (TPSA) is 237 Å². The first-order valence-electron chi connectivity index (χ1n) is 7.75. The summed E-state index contributed by atoms with van der Waals surface area (Å²) < 4.78 is 26.2. The standard InChI is InChI=1S/C13H19ClN5O7P.2H3N/c1-3-24-13(20)25-5-8(6-26-27(21,22)23)4-19-7-16-9-10(15-2)17-12(14)18-11(9)19;;/h7-8H,3-6H2,1-2H3,(H,15,17,18)(H2,21,22,23);2*1H3. The summed E-state index contributed by atoms with van der Waals surface area (Å²) in [5.41, 5.74) is 0.805. The minimum atomic E-state index is -5.19. The van der Waals surface area contributed by atoms with Gasteiger partial charge in [-0.1, -0.05) is 0 Å². The number of imidazole rings is 1. The average molecular weight is 458 g/mol. The van der Waals surface area contributed by atoms with E-state index in [2.05, 4.69) is 29.5 Å². The van der Waals surface area contributed by atoms with Crippen LogP contribution < -0.4 is 27.4 Å². The number of fused-ring (bicyclic) bond motifs is 1. The second-order valence-corrected chi connectivity index (χ2v) is 6.75. The van der Waals surface area contributed by atoms with Gasteiger partial charge in [-0.05, 0) is 18.5 Å². The fourth-order valence-electron chi connectivity index (χ4n) is 2.20. The number of aromatic nitrogens is 4. The van der Waals surface area contributed by atoms with Gasteiger partial charge in [0, 0.05) is 19.5 Å². The molecule has 2 rings (SSSR count). The van der Waals surface area contributed by atoms with Crippen LogP contribution in [0.25, 0.3) is 11.2 Å². The number of phosphoric ester groups is 1. The average Bonchev–Trinajstić information content (AvgIpc) is 2.98. The van der Waals surface area contributed by atoms with Gasteiger partial charge in [0.15, 0.2) is 17.0 Å². The number of nitrogens with zero attached hydrogens (tertiary/aromatic N) is 4. The molecule has 0 radical (unpaired) electrons. The molecular formula is C13H25ClN7O7P. The van der Waals surface area contributed by atoms with Crippen molar-refractivity contribution in [2.24, 2.45) is 5.92 Å². The summed E-state index contributed by atoms with van der Waals surface area (Å²) in [5, 5.41) is 2.81. The monoisotopic (exact) mass is 457 g/mol. The maximum atomic E-state index is 11.4. The van der Waals surface area contributed by atoms with Gasteiger partial charge in [0.05, 0.1) is 27.4 Å². The number of phosphoric acid groups is 1. The van der Waals surface area contributed by atoms with Crippen LogP contribution in [0.2, 0.25) is 5.28 Å². The van der Waals surface area contributed by atoms with E-state index < -0.39 is 26.5 Å². The molecular weight excluding hydrogens is 433 g/mol. The summed E-state index contributed by atoms with van der Waals surface area (Å²) in [6, 6.07) is 0. The van der Waals surface area contributed by atoms with Crippen molar-refractivity contribution in [2.45, 2.75) is 13.5 Å². The number of ether oxygens (including phenoxy) is 2. The Bertz CT molecular complexity index is 846. The molecule has 0 bridgehead atoms. The number of anilines is 1. The van der Waals surface area contributed by atoms with Gasteiger partial charge in [-0.25, -0.2) is 9.78 Å². The lowest BCUT2D eigenvalue weighted by atomic mass is 10.2. The summed E-state index contributed by atoms with van der Waals surface area (Å²) in [6.07, 6.45) is 0.509. The molecule has 1 unspecified atom stereocenters. The molecule has 0 aliphatic heterocycles. The van der Waals surface area contributed by atoms with Crippen molar-refractivity contribution < 1.29 is 33.1 Å². The predicted octanol–water partition coefficient (Wildman–Crippen LogP) is 0.908. The quantitative estimate of drug-likeness (QED) is 0.271. The molecule has 9 N–H and O–H groups in total. The number of nitrogens with one attached hydrogen (secondary N) is 1. The molecule has 0 fully saturated rings. The largest absolute Gasteiger partial charge is 0.790 e. The number of carbonyl (C=O) groups is 1. The highest BCUT2D eigenvalue weighted by atomic mass is 35.5. The van der Waals surface area contributed by atoms with Gasteiger partial charge >= 0.3 is 6.16 Å². The fraction of sp³-hybridized carbons (Fsp3) is 0.538. The molecule has 0 spiro atoms. The summed E-state index contributed by atoms with van der Waals surface area (Å²) >= 11 is 5.89. The highest BCUT2D eigenvalue weighted by Crippen LogP contribution is 2.27. The normalized spacial score (nSPS) is 11.9. The number of carbonyl (C=O) groups excluding carboxylic acids is 1. The summed E-state index contributed by atoms with van der Waals surface area (Å²) in [7, 11) is -3.55. The molecule has 0 saturated heterocycles. The lowest BCUT2D eigenvalue weighted by Crippen LogP contribution is -2.26. The lowest BCUT2D eigenvalue weighted by molar-refractivity contribution is -0.342. The van der Waals surface area contributed by atoms with Crippen molar-refractivity contribution in [3.8, 4) is 0 Å². The van der Waals surface area contributed by atoms with Crippen LogP contribution in [0.15, 0.2) is 6.33 Å². The number of rotatable bonds is 9. The molecule has 2 aromatic heterocycles. The highest BCUT2D eigenvalue weighted by Gasteiger charge is 2.18. The van der Waals surface area contributed by atoms with Crippen molar-refractivity contribution in [3.05, 3.63) is 11.6 Å². The first-order chi connectivity index (χ1) is 12.7. The van der Waals surface area contributed by atoms with Crippen molar-refractivity contribution in [1.82, 2.24) is 31.8 Å². The molecule has 0 aliphatic carbocycles. The van der Waals surface area contributed by atoms with Crippen LogP contribution in [-0.2, 0) is 25.1 Å². The van der Waals surface area contributed by atoms with Gasteiger partial charge in [-0.15, -0.1) is 0 Å². The maximum Gasteiger partial charge on any atom is 0.508 e. The number of quaternary nitrogens is 2.